The van der Waals surface area contributed by atoms with E-state index in [4.69, 9.17) is 0 Å². The number of hydrogen-bond acceptors (Lipinski definition) is 2. The molecule has 1 aliphatic carbocycles. The van der Waals surface area contributed by atoms with E-state index in [1.165, 1.54) is 107 Å². The van der Waals surface area contributed by atoms with E-state index < -0.39 is 0 Å². The molecule has 0 aliphatic heterocycles. The zero-order chi connectivity index (χ0) is 34.8. The van der Waals surface area contributed by atoms with Gasteiger partial charge in [0.2, 0.25) is 0 Å². The van der Waals surface area contributed by atoms with Gasteiger partial charge in [0, 0.05) is 62.7 Å². The maximum absolute atomic E-state index is 2.48. The van der Waals surface area contributed by atoms with E-state index >= 15 is 0 Å². The van der Waals surface area contributed by atoms with Crippen LogP contribution in [0.1, 0.15) is 17.4 Å². The molecule has 0 fully saturated rings. The minimum Gasteiger partial charge on any atom is -0.309 e. The first kappa shape index (κ1) is 29.6. The molecule has 12 rings (SSSR count). The monoisotopic (exact) mass is 712 g/mol. The van der Waals surface area contributed by atoms with Crippen LogP contribution in [0.5, 0.6) is 0 Å². The van der Waals surface area contributed by atoms with Gasteiger partial charge in [-0.1, -0.05) is 91.9 Å². The van der Waals surface area contributed by atoms with Crippen LogP contribution >= 0.6 is 22.7 Å². The Labute approximate surface area is 314 Å². The van der Waals surface area contributed by atoms with Gasteiger partial charge in [0.05, 0.1) is 22.1 Å². The van der Waals surface area contributed by atoms with Crippen LogP contribution in [0.2, 0.25) is 0 Å². The summed E-state index contributed by atoms with van der Waals surface area (Å²) in [5, 5.41) is 9.25. The molecule has 4 heterocycles. The number of para-hydroxylation sites is 2. The summed E-state index contributed by atoms with van der Waals surface area (Å²) in [6, 6.07) is 54.4. The third kappa shape index (κ3) is 4.31. The number of fused-ring (bicyclic) bond motifs is 12. The first-order valence-electron chi connectivity index (χ1n) is 18.4. The summed E-state index contributed by atoms with van der Waals surface area (Å²) >= 11 is 3.82. The molecule has 0 radical (unpaired) electrons. The maximum Gasteiger partial charge on any atom is 0.0548 e. The highest BCUT2D eigenvalue weighted by Gasteiger charge is 2.21. The van der Waals surface area contributed by atoms with E-state index in [9.17, 15) is 0 Å². The largest absolute Gasteiger partial charge is 0.309 e. The fourth-order valence-electron chi connectivity index (χ4n) is 9.01. The fraction of sp³-hybridized carbons (Fsp3) is 0.0612. The quantitative estimate of drug-likeness (QED) is 0.173. The summed E-state index contributed by atoms with van der Waals surface area (Å²) < 4.78 is 8.99. The Balaban J connectivity index is 1.04. The van der Waals surface area contributed by atoms with Crippen LogP contribution in [-0.2, 0) is 6.42 Å². The first-order chi connectivity index (χ1) is 26.2. The smallest absolute Gasteiger partial charge is 0.0548 e. The van der Waals surface area contributed by atoms with E-state index in [0.29, 0.717) is 5.92 Å². The summed E-state index contributed by atoms with van der Waals surface area (Å²) in [6.07, 6.45) is 5.80. The summed E-state index contributed by atoms with van der Waals surface area (Å²) in [6.45, 7) is 2.32. The van der Waals surface area contributed by atoms with Crippen molar-refractivity contribution in [2.45, 2.75) is 13.3 Å². The highest BCUT2D eigenvalue weighted by atomic mass is 32.1. The minimum atomic E-state index is 0.563. The Bertz CT molecular complexity index is 3340. The van der Waals surface area contributed by atoms with Crippen LogP contribution in [0.4, 0.5) is 0 Å². The molecule has 1 aliphatic rings. The molecule has 11 aromatic rings. The van der Waals surface area contributed by atoms with Gasteiger partial charge in [0.25, 0.3) is 0 Å². The zero-order valence-corrected chi connectivity index (χ0v) is 30.6. The van der Waals surface area contributed by atoms with Crippen molar-refractivity contribution >= 4 is 103 Å². The Morgan fingerprint density at radius 2 is 1.02 bits per heavy atom. The Morgan fingerprint density at radius 1 is 0.453 bits per heavy atom. The molecule has 1 atom stereocenters. The molecule has 53 heavy (non-hydrogen) atoms. The van der Waals surface area contributed by atoms with Gasteiger partial charge >= 0.3 is 0 Å². The van der Waals surface area contributed by atoms with Crippen LogP contribution < -0.4 is 0 Å². The fourth-order valence-corrected chi connectivity index (χ4v) is 11.3. The Morgan fingerprint density at radius 3 is 1.68 bits per heavy atom. The van der Waals surface area contributed by atoms with Gasteiger partial charge in [-0.2, -0.15) is 0 Å². The third-order valence-corrected chi connectivity index (χ3v) is 13.7. The van der Waals surface area contributed by atoms with Crippen molar-refractivity contribution < 1.29 is 0 Å². The van der Waals surface area contributed by atoms with Crippen molar-refractivity contribution in [3.05, 3.63) is 162 Å². The average Bonchev–Trinajstić information content (AvgIpc) is 3.93. The molecular formula is C49H32N2S2. The molecule has 2 nitrogen and oxygen atoms in total. The van der Waals surface area contributed by atoms with Crippen molar-refractivity contribution in [1.82, 2.24) is 9.13 Å². The SMILES string of the molecule is CC1C=Cc2sc3cc4c5ccccc5n(-c5cccc(-c6cccc(-n7c8ccccc8c8cc9sc%10ccccc%10c9cc87)c6)c5)c4cc3c2C1. The van der Waals surface area contributed by atoms with Gasteiger partial charge in [0.1, 0.15) is 0 Å². The number of allylic oxidation sites excluding steroid dienone is 1. The molecule has 7 aromatic carbocycles. The molecule has 0 saturated carbocycles. The van der Waals surface area contributed by atoms with Gasteiger partial charge in [-0.25, -0.2) is 0 Å². The molecule has 4 heteroatoms. The number of rotatable bonds is 3. The lowest BCUT2D eigenvalue weighted by molar-refractivity contribution is 0.724. The second kappa shape index (κ2) is 11.0. The summed E-state index contributed by atoms with van der Waals surface area (Å²) in [5.41, 5.74) is 11.2. The molecule has 1 unspecified atom stereocenters. The number of thiophene rings is 2. The molecular weight excluding hydrogens is 681 g/mol. The van der Waals surface area contributed by atoms with Crippen molar-refractivity contribution in [3.63, 3.8) is 0 Å². The summed E-state index contributed by atoms with van der Waals surface area (Å²) in [4.78, 5) is 1.42. The van der Waals surface area contributed by atoms with Gasteiger partial charge in [-0.15, -0.1) is 22.7 Å². The van der Waals surface area contributed by atoms with Crippen LogP contribution in [0, 0.1) is 5.92 Å². The van der Waals surface area contributed by atoms with Gasteiger partial charge < -0.3 is 9.13 Å². The normalized spacial score (nSPS) is 14.5. The predicted octanol–water partition coefficient (Wildman–Crippen LogP) is 14.3. The highest BCUT2D eigenvalue weighted by molar-refractivity contribution is 7.25. The van der Waals surface area contributed by atoms with Crippen LogP contribution in [0.25, 0.3) is 102 Å². The number of benzene rings is 7. The average molecular weight is 713 g/mol. The van der Waals surface area contributed by atoms with E-state index in [2.05, 4.69) is 174 Å². The second-order valence-electron chi connectivity index (χ2n) is 14.6. The highest BCUT2D eigenvalue weighted by Crippen LogP contribution is 2.44. The van der Waals surface area contributed by atoms with Crippen molar-refractivity contribution in [2.24, 2.45) is 5.92 Å². The Kier molecular flexibility index (Phi) is 6.17. The minimum absolute atomic E-state index is 0.563. The summed E-state index contributed by atoms with van der Waals surface area (Å²) in [5.74, 6) is 0.563. The molecule has 0 saturated heterocycles. The van der Waals surface area contributed by atoms with Gasteiger partial charge in [-0.05, 0) is 107 Å². The van der Waals surface area contributed by atoms with Gasteiger partial charge in [-0.3, -0.25) is 0 Å². The predicted molar refractivity (Wildman–Crippen MR) is 231 cm³/mol. The lowest BCUT2D eigenvalue weighted by Crippen LogP contribution is -2.00. The third-order valence-electron chi connectivity index (χ3n) is 11.4. The number of aromatic nitrogens is 2. The molecule has 250 valence electrons. The zero-order valence-electron chi connectivity index (χ0n) is 29.0. The van der Waals surface area contributed by atoms with E-state index in [0.717, 1.165) is 6.42 Å². The van der Waals surface area contributed by atoms with E-state index in [1.54, 1.807) is 0 Å². The Hall–Kier alpha value is -5.94. The first-order valence-corrected chi connectivity index (χ1v) is 20.0. The summed E-state index contributed by atoms with van der Waals surface area (Å²) in [7, 11) is 0. The molecule has 0 spiro atoms. The molecule has 4 aromatic heterocycles. The molecule has 0 N–H and O–H groups in total. The number of hydrogen-bond donors (Lipinski definition) is 0. The van der Waals surface area contributed by atoms with Crippen molar-refractivity contribution in [1.29, 1.82) is 0 Å². The van der Waals surface area contributed by atoms with Crippen LogP contribution in [0.15, 0.2) is 152 Å². The maximum atomic E-state index is 2.48. The lowest BCUT2D eigenvalue weighted by Gasteiger charge is -2.13. The van der Waals surface area contributed by atoms with E-state index in [1.807, 2.05) is 22.7 Å². The lowest BCUT2D eigenvalue weighted by atomic mass is 9.93. The topological polar surface area (TPSA) is 9.86 Å². The van der Waals surface area contributed by atoms with Crippen LogP contribution in [0.3, 0.4) is 0 Å². The van der Waals surface area contributed by atoms with Crippen molar-refractivity contribution in [2.75, 3.05) is 0 Å². The van der Waals surface area contributed by atoms with Crippen molar-refractivity contribution in [3.8, 4) is 22.5 Å². The number of nitrogens with zero attached hydrogens (tertiary/aromatic N) is 2. The molecule has 0 bridgehead atoms. The molecule has 0 amide bonds. The van der Waals surface area contributed by atoms with Crippen LogP contribution in [-0.4, -0.2) is 9.13 Å². The van der Waals surface area contributed by atoms with E-state index in [-0.39, 0.29) is 0 Å². The van der Waals surface area contributed by atoms with Gasteiger partial charge in [0.15, 0.2) is 0 Å². The second-order valence-corrected chi connectivity index (χ2v) is 16.8. The standard InChI is InChI=1S/C49H32N2S2/c1-29-20-21-47-39(22-29)41-26-45-38(28-49(41)53-47)35-15-3-6-18-43(35)51(45)33-13-9-11-31(24-33)30-10-8-12-32(23-30)50-42-17-5-2-14-34(42)37-27-48-40(25-44(37)50)36-16-4-7-19-46(36)52-48/h2-21,23-29H,22H2,1H3.